The molecule has 2 amide bonds. The molecule has 0 fully saturated rings. The Labute approximate surface area is 147 Å². The molecule has 2 aromatic rings. The maximum Gasteiger partial charge on any atom is 0.248 e. The lowest BCUT2D eigenvalue weighted by Gasteiger charge is -2.14. The van der Waals surface area contributed by atoms with Crippen LogP contribution in [-0.4, -0.2) is 28.1 Å². The number of hydrogen-bond donors (Lipinski definition) is 1. The fourth-order valence-electron chi connectivity index (χ4n) is 3.18. The Morgan fingerprint density at radius 3 is 2.68 bits per heavy atom. The highest BCUT2D eigenvalue weighted by Crippen LogP contribution is 2.30. The third-order valence-corrected chi connectivity index (χ3v) is 4.59. The zero-order valence-corrected chi connectivity index (χ0v) is 15.0. The van der Waals surface area contributed by atoms with Crippen LogP contribution in [0.25, 0.3) is 6.08 Å². The van der Waals surface area contributed by atoms with Crippen molar-refractivity contribution in [3.8, 4) is 0 Å². The smallest absolute Gasteiger partial charge is 0.248 e. The van der Waals surface area contributed by atoms with Crippen molar-refractivity contribution in [2.45, 2.75) is 27.2 Å². The monoisotopic (exact) mass is 338 g/mol. The van der Waals surface area contributed by atoms with Gasteiger partial charge in [-0.25, -0.2) is 0 Å². The van der Waals surface area contributed by atoms with E-state index in [1.807, 2.05) is 39.1 Å². The number of nitrogens with one attached hydrogen (secondary N) is 1. The SMILES string of the molecule is CC(=O)N1CCc2cc(NC(=O)C=Cc3c(C)nn(C)c3C)ccc21. The molecule has 0 spiro atoms. The van der Waals surface area contributed by atoms with Crippen LogP contribution in [0.3, 0.4) is 0 Å². The number of fused-ring (bicyclic) bond motifs is 1. The van der Waals surface area contributed by atoms with Crippen LogP contribution in [0.5, 0.6) is 0 Å². The molecule has 0 aliphatic carbocycles. The lowest BCUT2D eigenvalue weighted by Crippen LogP contribution is -2.25. The summed E-state index contributed by atoms with van der Waals surface area (Å²) in [7, 11) is 1.88. The predicted molar refractivity (Wildman–Crippen MR) is 98.5 cm³/mol. The van der Waals surface area contributed by atoms with E-state index < -0.39 is 0 Å². The summed E-state index contributed by atoms with van der Waals surface area (Å²) in [4.78, 5) is 25.5. The number of nitrogens with zero attached hydrogens (tertiary/aromatic N) is 3. The molecule has 3 rings (SSSR count). The van der Waals surface area contributed by atoms with Gasteiger partial charge < -0.3 is 10.2 Å². The molecule has 0 saturated heterocycles. The molecule has 0 radical (unpaired) electrons. The Morgan fingerprint density at radius 1 is 1.28 bits per heavy atom. The average Bonchev–Trinajstić information content (AvgIpc) is 3.07. The summed E-state index contributed by atoms with van der Waals surface area (Å²) in [5, 5.41) is 7.21. The fourth-order valence-corrected chi connectivity index (χ4v) is 3.18. The summed E-state index contributed by atoms with van der Waals surface area (Å²) in [6.45, 7) is 6.16. The van der Waals surface area contributed by atoms with Crippen LogP contribution >= 0.6 is 0 Å². The van der Waals surface area contributed by atoms with Crippen molar-refractivity contribution < 1.29 is 9.59 Å². The third kappa shape index (κ3) is 3.33. The van der Waals surface area contributed by atoms with Crippen LogP contribution in [0.2, 0.25) is 0 Å². The normalized spacial score (nSPS) is 13.4. The van der Waals surface area contributed by atoms with E-state index in [2.05, 4.69) is 10.4 Å². The molecule has 2 heterocycles. The van der Waals surface area contributed by atoms with Crippen molar-refractivity contribution >= 4 is 29.3 Å². The van der Waals surface area contributed by atoms with E-state index in [1.165, 1.54) is 6.08 Å². The van der Waals surface area contributed by atoms with Gasteiger partial charge in [0.25, 0.3) is 0 Å². The number of amides is 2. The van der Waals surface area contributed by atoms with Crippen LogP contribution in [-0.2, 0) is 23.1 Å². The second kappa shape index (κ2) is 6.55. The molecule has 0 bridgehead atoms. The van der Waals surface area contributed by atoms with E-state index in [9.17, 15) is 9.59 Å². The minimum Gasteiger partial charge on any atom is -0.323 e. The first-order valence-electron chi connectivity index (χ1n) is 8.27. The summed E-state index contributed by atoms with van der Waals surface area (Å²) in [5.74, 6) is -0.148. The number of carbonyl (C=O) groups is 2. The van der Waals surface area contributed by atoms with Crippen molar-refractivity contribution in [3.05, 3.63) is 46.8 Å². The number of benzene rings is 1. The molecular weight excluding hydrogens is 316 g/mol. The minimum atomic E-state index is -0.191. The zero-order valence-electron chi connectivity index (χ0n) is 15.0. The largest absolute Gasteiger partial charge is 0.323 e. The van der Waals surface area contributed by atoms with Gasteiger partial charge in [0.15, 0.2) is 0 Å². The van der Waals surface area contributed by atoms with Crippen molar-refractivity contribution in [2.75, 3.05) is 16.8 Å². The highest BCUT2D eigenvalue weighted by atomic mass is 16.2. The zero-order chi connectivity index (χ0) is 18.1. The van der Waals surface area contributed by atoms with Gasteiger partial charge in [0, 0.05) is 49.2 Å². The van der Waals surface area contributed by atoms with Crippen LogP contribution in [0.15, 0.2) is 24.3 Å². The Balaban J connectivity index is 1.72. The summed E-state index contributed by atoms with van der Waals surface area (Å²) in [6, 6.07) is 5.65. The molecule has 1 aliphatic rings. The van der Waals surface area contributed by atoms with Crippen molar-refractivity contribution in [1.29, 1.82) is 0 Å². The standard InChI is InChI=1S/C19H22N4O2/c1-12-17(13(2)22(4)21-12)6-8-19(25)20-16-5-7-18-15(11-16)9-10-23(18)14(3)24/h5-8,11H,9-10H2,1-4H3,(H,20,25). The second-order valence-corrected chi connectivity index (χ2v) is 6.29. The second-order valence-electron chi connectivity index (χ2n) is 6.29. The topological polar surface area (TPSA) is 67.2 Å². The molecule has 1 N–H and O–H groups in total. The Hall–Kier alpha value is -2.89. The minimum absolute atomic E-state index is 0.0423. The summed E-state index contributed by atoms with van der Waals surface area (Å²) >= 11 is 0. The molecule has 6 heteroatoms. The summed E-state index contributed by atoms with van der Waals surface area (Å²) in [6.07, 6.45) is 4.12. The first-order valence-corrected chi connectivity index (χ1v) is 8.27. The third-order valence-electron chi connectivity index (χ3n) is 4.59. The number of rotatable bonds is 3. The van der Waals surface area contributed by atoms with Gasteiger partial charge in [-0.15, -0.1) is 0 Å². The molecule has 6 nitrogen and oxygen atoms in total. The highest BCUT2D eigenvalue weighted by Gasteiger charge is 2.22. The number of anilines is 2. The Morgan fingerprint density at radius 2 is 2.04 bits per heavy atom. The molecule has 1 aromatic carbocycles. The molecule has 25 heavy (non-hydrogen) atoms. The number of aryl methyl sites for hydroxylation is 2. The van der Waals surface area contributed by atoms with E-state index in [1.54, 1.807) is 22.6 Å². The van der Waals surface area contributed by atoms with E-state index in [0.717, 1.165) is 40.3 Å². The first kappa shape index (κ1) is 17.0. The molecule has 1 aliphatic heterocycles. The van der Waals surface area contributed by atoms with Crippen LogP contribution in [0.4, 0.5) is 11.4 Å². The van der Waals surface area contributed by atoms with Crippen LogP contribution in [0.1, 0.15) is 29.4 Å². The quantitative estimate of drug-likeness (QED) is 0.875. The number of hydrogen-bond acceptors (Lipinski definition) is 3. The van der Waals surface area contributed by atoms with Gasteiger partial charge in [-0.1, -0.05) is 0 Å². The van der Waals surface area contributed by atoms with E-state index in [-0.39, 0.29) is 11.8 Å². The maximum absolute atomic E-state index is 12.2. The number of carbonyl (C=O) groups excluding carboxylic acids is 2. The van der Waals surface area contributed by atoms with Crippen LogP contribution < -0.4 is 10.2 Å². The molecule has 130 valence electrons. The Bertz CT molecular complexity index is 880. The lowest BCUT2D eigenvalue weighted by molar-refractivity contribution is -0.116. The molecule has 0 atom stereocenters. The molecule has 1 aromatic heterocycles. The van der Waals surface area contributed by atoms with Crippen molar-refractivity contribution in [1.82, 2.24) is 9.78 Å². The van der Waals surface area contributed by atoms with Crippen molar-refractivity contribution in [2.24, 2.45) is 7.05 Å². The lowest BCUT2D eigenvalue weighted by atomic mass is 10.1. The molecular formula is C19H22N4O2. The average molecular weight is 338 g/mol. The van der Waals surface area contributed by atoms with Gasteiger partial charge in [-0.05, 0) is 50.1 Å². The van der Waals surface area contributed by atoms with Gasteiger partial charge in [0.1, 0.15) is 0 Å². The first-order chi connectivity index (χ1) is 11.9. The number of aromatic nitrogens is 2. The Kier molecular flexibility index (Phi) is 4.44. The van der Waals surface area contributed by atoms with Gasteiger partial charge >= 0.3 is 0 Å². The summed E-state index contributed by atoms with van der Waals surface area (Å²) in [5.41, 5.74) is 5.62. The van der Waals surface area contributed by atoms with E-state index in [0.29, 0.717) is 6.54 Å². The van der Waals surface area contributed by atoms with Crippen LogP contribution in [0, 0.1) is 13.8 Å². The van der Waals surface area contributed by atoms with Gasteiger partial charge in [0.05, 0.1) is 5.69 Å². The van der Waals surface area contributed by atoms with Crippen molar-refractivity contribution in [3.63, 3.8) is 0 Å². The van der Waals surface area contributed by atoms with Gasteiger partial charge in [0.2, 0.25) is 11.8 Å². The van der Waals surface area contributed by atoms with Gasteiger partial charge in [-0.3, -0.25) is 14.3 Å². The fraction of sp³-hybridized carbons (Fsp3) is 0.316. The summed E-state index contributed by atoms with van der Waals surface area (Å²) < 4.78 is 1.80. The van der Waals surface area contributed by atoms with E-state index in [4.69, 9.17) is 0 Å². The maximum atomic E-state index is 12.2. The highest BCUT2D eigenvalue weighted by molar-refractivity contribution is 6.02. The van der Waals surface area contributed by atoms with Gasteiger partial charge in [-0.2, -0.15) is 5.10 Å². The molecule has 0 saturated carbocycles. The predicted octanol–water partition coefficient (Wildman–Crippen LogP) is 2.60. The van der Waals surface area contributed by atoms with E-state index >= 15 is 0 Å². The molecule has 0 unspecified atom stereocenters.